The van der Waals surface area contributed by atoms with Gasteiger partial charge in [0.2, 0.25) is 5.06 Å². The molecule has 0 saturated carbocycles. The van der Waals surface area contributed by atoms with Gasteiger partial charge in [-0.1, -0.05) is 48.2 Å². The second-order valence-corrected chi connectivity index (χ2v) is 16.9. The molecule has 45 heavy (non-hydrogen) atoms. The van der Waals surface area contributed by atoms with Crippen LogP contribution >= 0.6 is 11.8 Å². The molecule has 4 unspecified atom stereocenters. The van der Waals surface area contributed by atoms with E-state index < -0.39 is 67.2 Å². The monoisotopic (exact) mass is 679 g/mol. The molecule has 0 aromatic heterocycles. The van der Waals surface area contributed by atoms with Crippen LogP contribution in [0.25, 0.3) is 0 Å². The minimum absolute atomic E-state index is 0.210. The molecule has 0 N–H and O–H groups in total. The van der Waals surface area contributed by atoms with Crippen molar-refractivity contribution in [2.24, 2.45) is 0 Å². The fourth-order valence-electron chi connectivity index (χ4n) is 4.91. The molecule has 1 saturated heterocycles. The Morgan fingerprint density at radius 2 is 1.16 bits per heavy atom. The zero-order valence-corrected chi connectivity index (χ0v) is 25.6. The maximum atomic E-state index is 13.4. The Hall–Kier alpha value is -2.98. The number of ether oxygens (including phenoxy) is 2. The maximum absolute atomic E-state index is 13.4. The van der Waals surface area contributed by atoms with Gasteiger partial charge in [0.05, 0.1) is 16.7 Å². The second kappa shape index (κ2) is 11.7. The molecule has 2 heterocycles. The van der Waals surface area contributed by atoms with Gasteiger partial charge in [0.1, 0.15) is 12.3 Å². The maximum Gasteiger partial charge on any atom is 0.416 e. The molecular formula is C30H26F9NO3SSi. The largest absolute Gasteiger partial charge is 0.416 e. The van der Waals surface area contributed by atoms with Gasteiger partial charge in [-0.25, -0.2) is 0 Å². The Bertz CT molecular complexity index is 1520. The molecule has 1 fully saturated rings. The molecule has 3 aromatic carbocycles. The van der Waals surface area contributed by atoms with E-state index in [1.807, 2.05) is 19.6 Å². The van der Waals surface area contributed by atoms with Crippen LogP contribution in [0.3, 0.4) is 0 Å². The van der Waals surface area contributed by atoms with Gasteiger partial charge in [-0.3, -0.25) is 0 Å². The first-order valence-electron chi connectivity index (χ1n) is 13.4. The Kier molecular flexibility index (Phi) is 8.66. The molecule has 0 radical (unpaired) electrons. The quantitative estimate of drug-likeness (QED) is 0.191. The zero-order valence-electron chi connectivity index (χ0n) is 23.8. The Morgan fingerprint density at radius 1 is 0.711 bits per heavy atom. The first kappa shape index (κ1) is 33.4. The van der Waals surface area contributed by atoms with Gasteiger partial charge in [0.25, 0.3) is 0 Å². The molecular weight excluding hydrogens is 653 g/mol. The van der Waals surface area contributed by atoms with Crippen molar-refractivity contribution < 1.29 is 53.4 Å². The third-order valence-corrected chi connectivity index (χ3v) is 9.02. The molecule has 2 aliphatic rings. The smallest absolute Gasteiger partial charge is 0.394 e. The van der Waals surface area contributed by atoms with Crippen molar-refractivity contribution in [1.82, 2.24) is 4.90 Å². The summed E-state index contributed by atoms with van der Waals surface area (Å²) in [5.74, 6) is 0. The van der Waals surface area contributed by atoms with Crippen molar-refractivity contribution in [1.29, 1.82) is 0 Å². The summed E-state index contributed by atoms with van der Waals surface area (Å²) in [6.07, 6.45) is -15.6. The molecule has 4 atom stereocenters. The van der Waals surface area contributed by atoms with E-state index in [0.717, 1.165) is 48.2 Å². The summed E-state index contributed by atoms with van der Waals surface area (Å²) in [4.78, 5) is 1.59. The highest BCUT2D eigenvalue weighted by molar-refractivity contribution is 8.03. The number of hydrogen-bond acceptors (Lipinski definition) is 5. The summed E-state index contributed by atoms with van der Waals surface area (Å²) in [6.45, 7) is 5.61. The van der Waals surface area contributed by atoms with Crippen LogP contribution in [-0.2, 0) is 32.4 Å². The van der Waals surface area contributed by atoms with Crippen molar-refractivity contribution in [3.8, 4) is 0 Å². The normalized spacial score (nSPS) is 23.2. The predicted octanol–water partition coefficient (Wildman–Crippen LogP) is 10.3. The van der Waals surface area contributed by atoms with Crippen LogP contribution in [0, 0.1) is 0 Å². The summed E-state index contributed by atoms with van der Waals surface area (Å²) in [6, 6.07) is 12.6. The van der Waals surface area contributed by atoms with Crippen LogP contribution in [0.2, 0.25) is 19.6 Å². The van der Waals surface area contributed by atoms with Crippen molar-refractivity contribution >= 4 is 20.1 Å². The highest BCUT2D eigenvalue weighted by Gasteiger charge is 2.59. The number of hydrogen-bond donors (Lipinski definition) is 0. The molecule has 0 aliphatic carbocycles. The fourth-order valence-corrected chi connectivity index (χ4v) is 6.95. The van der Waals surface area contributed by atoms with Crippen LogP contribution in [-0.4, -0.2) is 18.3 Å². The second-order valence-electron chi connectivity index (χ2n) is 11.3. The van der Waals surface area contributed by atoms with Crippen LogP contribution in [0.4, 0.5) is 39.5 Å². The lowest BCUT2D eigenvalue weighted by Crippen LogP contribution is -2.48. The number of halogens is 9. The zero-order chi connectivity index (χ0) is 33.0. The lowest BCUT2D eigenvalue weighted by Gasteiger charge is -2.43. The minimum atomic E-state index is -4.61. The average Bonchev–Trinajstić information content (AvgIpc) is 3.54. The topological polar surface area (TPSA) is 30.9 Å². The third-order valence-electron chi connectivity index (χ3n) is 6.98. The minimum Gasteiger partial charge on any atom is -0.394 e. The standard InChI is InChI=1S/C30H26F9NO3SSi/c1-45(2,3)43-25(19-6-12-22(13-7-19)28(34,35)36)40-16-17-44-30(40)24(18-4-10-21(11-5-18)27(31,32)33)41-26(42-30)20-8-14-23(15-9-20)29(37,38)39/h4-17,24-26H,1-3H3. The van der Waals surface area contributed by atoms with Crippen LogP contribution < -0.4 is 0 Å². The van der Waals surface area contributed by atoms with Gasteiger partial charge in [0.15, 0.2) is 14.6 Å². The summed E-state index contributed by atoms with van der Waals surface area (Å²) in [5, 5.41) is 0.0420. The first-order valence-corrected chi connectivity index (χ1v) is 17.7. The Morgan fingerprint density at radius 3 is 1.60 bits per heavy atom. The van der Waals surface area contributed by atoms with E-state index in [1.165, 1.54) is 36.4 Å². The summed E-state index contributed by atoms with van der Waals surface area (Å²) >= 11 is 1.09. The number of rotatable bonds is 6. The van der Waals surface area contributed by atoms with E-state index in [-0.39, 0.29) is 11.1 Å². The van der Waals surface area contributed by atoms with E-state index in [4.69, 9.17) is 13.9 Å². The van der Waals surface area contributed by atoms with Crippen LogP contribution in [0.5, 0.6) is 0 Å². The molecule has 0 bridgehead atoms. The number of thioether (sulfide) groups is 1. The van der Waals surface area contributed by atoms with Gasteiger partial charge < -0.3 is 18.8 Å². The molecule has 1 spiro atoms. The van der Waals surface area contributed by atoms with E-state index in [1.54, 1.807) is 16.5 Å². The summed E-state index contributed by atoms with van der Waals surface area (Å²) < 4.78 is 139. The predicted molar refractivity (Wildman–Crippen MR) is 150 cm³/mol. The van der Waals surface area contributed by atoms with E-state index in [0.29, 0.717) is 5.56 Å². The van der Waals surface area contributed by atoms with Gasteiger partial charge in [-0.2, -0.15) is 39.5 Å². The molecule has 5 rings (SSSR count). The summed E-state index contributed by atoms with van der Waals surface area (Å²) in [7, 11) is -2.46. The van der Waals surface area contributed by atoms with Crippen molar-refractivity contribution in [3.63, 3.8) is 0 Å². The lowest BCUT2D eigenvalue weighted by molar-refractivity contribution is -0.138. The van der Waals surface area contributed by atoms with E-state index in [9.17, 15) is 39.5 Å². The molecule has 2 aliphatic heterocycles. The molecule has 4 nitrogen and oxygen atoms in total. The molecule has 0 amide bonds. The first-order chi connectivity index (χ1) is 20.8. The van der Waals surface area contributed by atoms with E-state index in [2.05, 4.69) is 0 Å². The van der Waals surface area contributed by atoms with Crippen molar-refractivity contribution in [3.05, 3.63) is 118 Å². The number of nitrogens with zero attached hydrogens (tertiary/aromatic N) is 1. The molecule has 3 aromatic rings. The van der Waals surface area contributed by atoms with Gasteiger partial charge in [-0.15, -0.1) is 0 Å². The number of alkyl halides is 9. The lowest BCUT2D eigenvalue weighted by atomic mass is 10.0. The fraction of sp³-hybridized carbons (Fsp3) is 0.333. The number of benzene rings is 3. The SMILES string of the molecule is C[Si](C)(C)OC(c1ccc(C(F)(F)F)cc1)N1C=CSC12OC(c1ccc(C(F)(F)F)cc1)OC2c1ccc(C(F)(F)F)cc1. The van der Waals surface area contributed by atoms with Gasteiger partial charge >= 0.3 is 18.5 Å². The molecule has 15 heteroatoms. The van der Waals surface area contributed by atoms with Crippen LogP contribution in [0.15, 0.2) is 84.4 Å². The molecule has 242 valence electrons. The van der Waals surface area contributed by atoms with E-state index >= 15 is 0 Å². The van der Waals surface area contributed by atoms with Crippen molar-refractivity contribution in [2.45, 2.75) is 61.8 Å². The van der Waals surface area contributed by atoms with Gasteiger partial charge in [-0.05, 0) is 67.0 Å². The Labute approximate surface area is 257 Å². The van der Waals surface area contributed by atoms with Crippen molar-refractivity contribution in [2.75, 3.05) is 0 Å². The Balaban J connectivity index is 1.59. The third kappa shape index (κ3) is 7.06. The average molecular weight is 680 g/mol. The van der Waals surface area contributed by atoms with Gasteiger partial charge in [0, 0.05) is 17.3 Å². The summed E-state index contributed by atoms with van der Waals surface area (Å²) in [5.41, 5.74) is -1.87. The van der Waals surface area contributed by atoms with Crippen LogP contribution in [0.1, 0.15) is 52.0 Å². The highest BCUT2D eigenvalue weighted by atomic mass is 32.2. The highest BCUT2D eigenvalue weighted by Crippen LogP contribution is 2.59.